The standard InChI is InChI=1S/C16H18F2N2O4/c1-19-6-4-16(5-7-19)20(13(9-24-16)15(22)23)14(21)10-2-3-11(17)12(18)8-10/h2-3,8,13H,4-7,9H2,1H3,(H,22,23). The number of hydrogen-bond acceptors (Lipinski definition) is 4. The SMILES string of the molecule is CN1CCC2(CC1)OCC(C(=O)O)N2C(=O)c1ccc(F)c(F)c1. The normalized spacial score (nSPS) is 23.6. The van der Waals surface area contributed by atoms with Gasteiger partial charge in [-0.25, -0.2) is 13.6 Å². The van der Waals surface area contributed by atoms with E-state index < -0.39 is 35.3 Å². The van der Waals surface area contributed by atoms with Crippen LogP contribution in [-0.2, 0) is 9.53 Å². The van der Waals surface area contributed by atoms with Crippen molar-refractivity contribution in [2.24, 2.45) is 0 Å². The average molecular weight is 340 g/mol. The summed E-state index contributed by atoms with van der Waals surface area (Å²) in [6, 6.07) is 1.66. The van der Waals surface area contributed by atoms with Crippen LogP contribution in [-0.4, -0.2) is 65.3 Å². The fraction of sp³-hybridized carbons (Fsp3) is 0.500. The molecule has 2 heterocycles. The van der Waals surface area contributed by atoms with Crippen LogP contribution in [0.2, 0.25) is 0 Å². The molecule has 8 heteroatoms. The number of halogens is 2. The quantitative estimate of drug-likeness (QED) is 0.879. The Hall–Kier alpha value is -2.06. The largest absolute Gasteiger partial charge is 0.480 e. The fourth-order valence-corrected chi connectivity index (χ4v) is 3.29. The zero-order valence-electron chi connectivity index (χ0n) is 13.2. The van der Waals surface area contributed by atoms with Gasteiger partial charge in [0.1, 0.15) is 5.72 Å². The molecule has 130 valence electrons. The van der Waals surface area contributed by atoms with Crippen molar-refractivity contribution in [1.82, 2.24) is 9.80 Å². The molecule has 1 unspecified atom stereocenters. The Morgan fingerprint density at radius 3 is 2.50 bits per heavy atom. The van der Waals surface area contributed by atoms with Gasteiger partial charge in [-0.2, -0.15) is 0 Å². The molecule has 2 aliphatic rings. The van der Waals surface area contributed by atoms with E-state index >= 15 is 0 Å². The first-order chi connectivity index (χ1) is 11.3. The van der Waals surface area contributed by atoms with E-state index in [2.05, 4.69) is 4.90 Å². The van der Waals surface area contributed by atoms with Crippen molar-refractivity contribution in [3.8, 4) is 0 Å². The van der Waals surface area contributed by atoms with Crippen LogP contribution in [0.5, 0.6) is 0 Å². The van der Waals surface area contributed by atoms with Gasteiger partial charge in [0.25, 0.3) is 5.91 Å². The lowest BCUT2D eigenvalue weighted by Crippen LogP contribution is -2.57. The minimum atomic E-state index is -1.18. The molecule has 24 heavy (non-hydrogen) atoms. The summed E-state index contributed by atoms with van der Waals surface area (Å²) in [7, 11) is 1.93. The summed E-state index contributed by atoms with van der Waals surface area (Å²) in [6.07, 6.45) is 0.922. The molecule has 6 nitrogen and oxygen atoms in total. The Morgan fingerprint density at radius 2 is 1.92 bits per heavy atom. The van der Waals surface area contributed by atoms with Crippen molar-refractivity contribution in [2.45, 2.75) is 24.6 Å². The number of carboxylic acid groups (broad SMARTS) is 1. The highest BCUT2D eigenvalue weighted by molar-refractivity contribution is 5.97. The molecule has 1 atom stereocenters. The predicted molar refractivity (Wildman–Crippen MR) is 79.4 cm³/mol. The summed E-state index contributed by atoms with van der Waals surface area (Å²) in [5, 5.41) is 9.43. The molecule has 1 aromatic carbocycles. The molecule has 3 rings (SSSR count). The van der Waals surface area contributed by atoms with Gasteiger partial charge in [0.2, 0.25) is 0 Å². The molecule has 2 aliphatic heterocycles. The van der Waals surface area contributed by atoms with Crippen LogP contribution in [0, 0.1) is 11.6 Å². The third kappa shape index (κ3) is 2.76. The molecular formula is C16H18F2N2O4. The monoisotopic (exact) mass is 340 g/mol. The number of carbonyl (C=O) groups is 2. The molecule has 0 aliphatic carbocycles. The summed E-state index contributed by atoms with van der Waals surface area (Å²) < 4.78 is 32.3. The molecule has 2 fully saturated rings. The Morgan fingerprint density at radius 1 is 1.25 bits per heavy atom. The van der Waals surface area contributed by atoms with Crippen LogP contribution in [0.3, 0.4) is 0 Å². The Kier molecular flexibility index (Phi) is 4.27. The van der Waals surface area contributed by atoms with Gasteiger partial charge in [-0.05, 0) is 25.2 Å². The lowest BCUT2D eigenvalue weighted by Gasteiger charge is -2.43. The number of ether oxygens (including phenoxy) is 1. The average Bonchev–Trinajstić information content (AvgIpc) is 2.92. The maximum Gasteiger partial charge on any atom is 0.328 e. The summed E-state index contributed by atoms with van der Waals surface area (Å²) in [5.74, 6) is -4.05. The van der Waals surface area contributed by atoms with Gasteiger partial charge < -0.3 is 14.7 Å². The molecule has 1 amide bonds. The Balaban J connectivity index is 1.96. The summed E-state index contributed by atoms with van der Waals surface area (Å²) in [6.45, 7) is 1.18. The van der Waals surface area contributed by atoms with Crippen LogP contribution < -0.4 is 0 Å². The van der Waals surface area contributed by atoms with Gasteiger partial charge in [0, 0.05) is 31.5 Å². The molecule has 1 spiro atoms. The van der Waals surface area contributed by atoms with E-state index in [0.717, 1.165) is 18.2 Å². The second kappa shape index (κ2) is 6.10. The number of amides is 1. The molecular weight excluding hydrogens is 322 g/mol. The lowest BCUT2D eigenvalue weighted by molar-refractivity contribution is -0.143. The summed E-state index contributed by atoms with van der Waals surface area (Å²) in [4.78, 5) is 27.6. The number of hydrogen-bond donors (Lipinski definition) is 1. The topological polar surface area (TPSA) is 70.1 Å². The highest BCUT2D eigenvalue weighted by Crippen LogP contribution is 2.38. The van der Waals surface area contributed by atoms with E-state index in [1.807, 2.05) is 7.05 Å². The number of benzene rings is 1. The number of rotatable bonds is 2. The first kappa shape index (κ1) is 16.8. The number of piperidine rings is 1. The van der Waals surface area contributed by atoms with Crippen molar-refractivity contribution in [1.29, 1.82) is 0 Å². The van der Waals surface area contributed by atoms with E-state index in [-0.39, 0.29) is 12.2 Å². The molecule has 0 radical (unpaired) electrons. The fourth-order valence-electron chi connectivity index (χ4n) is 3.29. The van der Waals surface area contributed by atoms with Gasteiger partial charge in [0.05, 0.1) is 6.61 Å². The summed E-state index contributed by atoms with van der Waals surface area (Å²) in [5.41, 5.74) is -1.11. The van der Waals surface area contributed by atoms with E-state index in [4.69, 9.17) is 4.74 Å². The zero-order valence-corrected chi connectivity index (χ0v) is 13.2. The molecule has 1 aromatic rings. The molecule has 2 saturated heterocycles. The van der Waals surface area contributed by atoms with E-state index in [1.54, 1.807) is 0 Å². The molecule has 0 saturated carbocycles. The third-order valence-corrected chi connectivity index (χ3v) is 4.70. The Labute approximate surface area is 137 Å². The lowest BCUT2D eigenvalue weighted by atomic mass is 9.97. The minimum Gasteiger partial charge on any atom is -0.480 e. The van der Waals surface area contributed by atoms with Crippen LogP contribution in [0.1, 0.15) is 23.2 Å². The van der Waals surface area contributed by atoms with Crippen LogP contribution in [0.15, 0.2) is 18.2 Å². The van der Waals surface area contributed by atoms with Crippen LogP contribution in [0.4, 0.5) is 8.78 Å². The highest BCUT2D eigenvalue weighted by Gasteiger charge is 2.53. The first-order valence-electron chi connectivity index (χ1n) is 7.68. The van der Waals surface area contributed by atoms with Crippen molar-refractivity contribution < 1.29 is 28.2 Å². The zero-order chi connectivity index (χ0) is 17.5. The minimum absolute atomic E-state index is 0.0936. The van der Waals surface area contributed by atoms with Gasteiger partial charge in [-0.15, -0.1) is 0 Å². The van der Waals surface area contributed by atoms with Crippen LogP contribution >= 0.6 is 0 Å². The van der Waals surface area contributed by atoms with Crippen molar-refractivity contribution in [2.75, 3.05) is 26.7 Å². The molecule has 1 N–H and O–H groups in total. The van der Waals surface area contributed by atoms with Crippen molar-refractivity contribution in [3.63, 3.8) is 0 Å². The first-order valence-corrected chi connectivity index (χ1v) is 7.68. The number of likely N-dealkylation sites (tertiary alicyclic amines) is 1. The van der Waals surface area contributed by atoms with Crippen molar-refractivity contribution in [3.05, 3.63) is 35.4 Å². The van der Waals surface area contributed by atoms with Crippen LogP contribution in [0.25, 0.3) is 0 Å². The number of aliphatic carboxylic acids is 1. The number of carboxylic acids is 1. The number of nitrogens with zero attached hydrogens (tertiary/aromatic N) is 2. The van der Waals surface area contributed by atoms with Gasteiger partial charge in [0.15, 0.2) is 17.7 Å². The van der Waals surface area contributed by atoms with E-state index in [1.165, 1.54) is 4.90 Å². The van der Waals surface area contributed by atoms with E-state index in [9.17, 15) is 23.5 Å². The predicted octanol–water partition coefficient (Wildman–Crippen LogP) is 1.31. The summed E-state index contributed by atoms with van der Waals surface area (Å²) >= 11 is 0. The third-order valence-electron chi connectivity index (χ3n) is 4.70. The van der Waals surface area contributed by atoms with Gasteiger partial charge in [-0.3, -0.25) is 9.69 Å². The molecule has 0 aromatic heterocycles. The molecule has 0 bridgehead atoms. The second-order valence-electron chi connectivity index (χ2n) is 6.22. The maximum atomic E-state index is 13.5. The van der Waals surface area contributed by atoms with Gasteiger partial charge in [-0.1, -0.05) is 0 Å². The van der Waals surface area contributed by atoms with Crippen molar-refractivity contribution >= 4 is 11.9 Å². The Bertz CT molecular complexity index is 674. The highest BCUT2D eigenvalue weighted by atomic mass is 19.2. The second-order valence-corrected chi connectivity index (χ2v) is 6.22. The maximum absolute atomic E-state index is 13.5. The van der Waals surface area contributed by atoms with E-state index in [0.29, 0.717) is 25.9 Å². The number of carbonyl (C=O) groups excluding carboxylic acids is 1. The van der Waals surface area contributed by atoms with Gasteiger partial charge >= 0.3 is 5.97 Å². The smallest absolute Gasteiger partial charge is 0.328 e.